The number of unbranched alkanes of at least 4 members (excludes halogenated alkanes) is 1. The summed E-state index contributed by atoms with van der Waals surface area (Å²) in [4.78, 5) is 10.9. The molecule has 0 aromatic rings. The summed E-state index contributed by atoms with van der Waals surface area (Å²) in [6, 6.07) is 0. The van der Waals surface area contributed by atoms with E-state index in [-0.39, 0.29) is 5.91 Å². The Morgan fingerprint density at radius 3 is 2.64 bits per heavy atom. The number of carbonyl (C=O) groups is 1. The highest BCUT2D eigenvalue weighted by molar-refractivity contribution is 5.75. The number of nitrogens with one attached hydrogen (secondary N) is 2. The molecule has 3 heteroatoms. The Morgan fingerprint density at radius 2 is 2.09 bits per heavy atom. The fourth-order valence-electron chi connectivity index (χ4n) is 0.732. The van der Waals surface area contributed by atoms with Crippen LogP contribution in [0.2, 0.25) is 0 Å². The normalized spacial score (nSPS) is 9.64. The van der Waals surface area contributed by atoms with Crippen molar-refractivity contribution in [2.45, 2.75) is 26.2 Å². The van der Waals surface area contributed by atoms with Crippen LogP contribution in [0, 0.1) is 0 Å². The van der Waals surface area contributed by atoms with Crippen LogP contribution in [0.25, 0.3) is 0 Å². The third-order valence-corrected chi connectivity index (χ3v) is 1.45. The predicted octanol–water partition coefficient (Wildman–Crippen LogP) is 0.512. The van der Waals surface area contributed by atoms with Crippen LogP contribution in [0.4, 0.5) is 0 Å². The largest absolute Gasteiger partial charge is 0.356 e. The van der Waals surface area contributed by atoms with Gasteiger partial charge in [0.2, 0.25) is 5.91 Å². The first kappa shape index (κ1) is 10.4. The fourth-order valence-corrected chi connectivity index (χ4v) is 0.732. The van der Waals surface area contributed by atoms with E-state index in [0.717, 1.165) is 25.9 Å². The van der Waals surface area contributed by atoms with E-state index in [1.807, 2.05) is 7.05 Å². The van der Waals surface area contributed by atoms with E-state index in [9.17, 15) is 4.79 Å². The van der Waals surface area contributed by atoms with Gasteiger partial charge in [-0.3, -0.25) is 4.79 Å². The van der Waals surface area contributed by atoms with Crippen molar-refractivity contribution in [3.05, 3.63) is 0 Å². The highest BCUT2D eigenvalue weighted by Gasteiger charge is 1.96. The molecule has 0 spiro atoms. The van der Waals surface area contributed by atoms with E-state index >= 15 is 0 Å². The quantitative estimate of drug-likeness (QED) is 0.553. The first-order chi connectivity index (χ1) is 5.31. The molecule has 0 saturated carbocycles. The number of amides is 1. The van der Waals surface area contributed by atoms with Crippen molar-refractivity contribution in [2.24, 2.45) is 0 Å². The van der Waals surface area contributed by atoms with Gasteiger partial charge in [0.15, 0.2) is 0 Å². The number of carbonyl (C=O) groups excluding carboxylic acids is 1. The first-order valence-electron chi connectivity index (χ1n) is 4.22. The molecule has 2 N–H and O–H groups in total. The molecule has 0 saturated heterocycles. The van der Waals surface area contributed by atoms with E-state index in [1.165, 1.54) is 0 Å². The molecular weight excluding hydrogens is 140 g/mol. The topological polar surface area (TPSA) is 41.1 Å². The molecule has 0 radical (unpaired) electrons. The Kier molecular flexibility index (Phi) is 7.15. The molecule has 0 aliphatic carbocycles. The molecule has 0 bridgehead atoms. The van der Waals surface area contributed by atoms with Gasteiger partial charge in [-0.25, -0.2) is 0 Å². The van der Waals surface area contributed by atoms with Gasteiger partial charge in [-0.05, 0) is 13.5 Å². The predicted molar refractivity (Wildman–Crippen MR) is 46.5 cm³/mol. The Balaban J connectivity index is 3.09. The van der Waals surface area contributed by atoms with Crippen LogP contribution >= 0.6 is 0 Å². The summed E-state index contributed by atoms with van der Waals surface area (Å²) in [6.45, 7) is 3.69. The fraction of sp³-hybridized carbons (Fsp3) is 0.875. The maximum Gasteiger partial charge on any atom is 0.221 e. The van der Waals surface area contributed by atoms with Gasteiger partial charge >= 0.3 is 0 Å². The zero-order chi connectivity index (χ0) is 8.53. The molecular formula is C8H18N2O. The third-order valence-electron chi connectivity index (χ3n) is 1.45. The van der Waals surface area contributed by atoms with Crippen molar-refractivity contribution in [3.8, 4) is 0 Å². The lowest BCUT2D eigenvalue weighted by molar-refractivity contribution is -0.120. The SMILES string of the molecule is CCCCNC(=O)CCNC. The average Bonchev–Trinajstić information content (AvgIpc) is 2.01. The molecule has 0 rings (SSSR count). The minimum Gasteiger partial charge on any atom is -0.356 e. The monoisotopic (exact) mass is 158 g/mol. The molecule has 3 nitrogen and oxygen atoms in total. The Bertz CT molecular complexity index is 104. The maximum absolute atomic E-state index is 10.9. The van der Waals surface area contributed by atoms with Crippen LogP contribution < -0.4 is 10.6 Å². The molecule has 0 aromatic heterocycles. The molecule has 0 aliphatic heterocycles. The molecule has 0 aliphatic rings. The van der Waals surface area contributed by atoms with Crippen molar-refractivity contribution in [3.63, 3.8) is 0 Å². The zero-order valence-corrected chi connectivity index (χ0v) is 7.44. The van der Waals surface area contributed by atoms with Crippen LogP contribution in [-0.4, -0.2) is 26.0 Å². The number of hydrogen-bond donors (Lipinski definition) is 2. The second-order valence-electron chi connectivity index (χ2n) is 2.56. The molecule has 11 heavy (non-hydrogen) atoms. The summed E-state index contributed by atoms with van der Waals surface area (Å²) in [5.74, 6) is 0.146. The first-order valence-corrected chi connectivity index (χ1v) is 4.22. The van der Waals surface area contributed by atoms with Crippen molar-refractivity contribution in [2.75, 3.05) is 20.1 Å². The minimum atomic E-state index is 0.146. The Morgan fingerprint density at radius 1 is 1.36 bits per heavy atom. The van der Waals surface area contributed by atoms with Gasteiger partial charge in [-0.2, -0.15) is 0 Å². The van der Waals surface area contributed by atoms with Gasteiger partial charge in [-0.1, -0.05) is 13.3 Å². The summed E-state index contributed by atoms with van der Waals surface area (Å²) in [6.07, 6.45) is 2.79. The summed E-state index contributed by atoms with van der Waals surface area (Å²) in [5, 5.41) is 5.77. The van der Waals surface area contributed by atoms with Crippen LogP contribution in [-0.2, 0) is 4.79 Å². The highest BCUT2D eigenvalue weighted by atomic mass is 16.1. The molecule has 0 aromatic carbocycles. The standard InChI is InChI=1S/C8H18N2O/c1-3-4-6-10-8(11)5-7-9-2/h9H,3-7H2,1-2H3,(H,10,11). The van der Waals surface area contributed by atoms with E-state index in [1.54, 1.807) is 0 Å². The summed E-state index contributed by atoms with van der Waals surface area (Å²) in [5.41, 5.74) is 0. The van der Waals surface area contributed by atoms with Crippen molar-refractivity contribution in [1.82, 2.24) is 10.6 Å². The van der Waals surface area contributed by atoms with Crippen molar-refractivity contribution < 1.29 is 4.79 Å². The molecule has 1 amide bonds. The van der Waals surface area contributed by atoms with Crippen LogP contribution in [0.3, 0.4) is 0 Å². The third kappa shape index (κ3) is 7.33. The maximum atomic E-state index is 10.9. The van der Waals surface area contributed by atoms with Gasteiger partial charge < -0.3 is 10.6 Å². The Labute approximate surface area is 68.6 Å². The minimum absolute atomic E-state index is 0.146. The van der Waals surface area contributed by atoms with Gasteiger partial charge in [0.05, 0.1) is 0 Å². The second kappa shape index (κ2) is 7.54. The Hall–Kier alpha value is -0.570. The van der Waals surface area contributed by atoms with Gasteiger partial charge in [-0.15, -0.1) is 0 Å². The van der Waals surface area contributed by atoms with Crippen LogP contribution in [0.1, 0.15) is 26.2 Å². The summed E-state index contributed by atoms with van der Waals surface area (Å²) in [7, 11) is 1.85. The number of rotatable bonds is 6. The second-order valence-corrected chi connectivity index (χ2v) is 2.56. The number of hydrogen-bond acceptors (Lipinski definition) is 2. The smallest absolute Gasteiger partial charge is 0.221 e. The van der Waals surface area contributed by atoms with E-state index in [4.69, 9.17) is 0 Å². The lowest BCUT2D eigenvalue weighted by Gasteiger charge is -2.02. The molecule has 0 heterocycles. The van der Waals surface area contributed by atoms with E-state index in [2.05, 4.69) is 17.6 Å². The molecule has 0 fully saturated rings. The van der Waals surface area contributed by atoms with E-state index < -0.39 is 0 Å². The summed E-state index contributed by atoms with van der Waals surface area (Å²) < 4.78 is 0. The summed E-state index contributed by atoms with van der Waals surface area (Å²) >= 11 is 0. The average molecular weight is 158 g/mol. The molecule has 66 valence electrons. The van der Waals surface area contributed by atoms with Crippen LogP contribution in [0.5, 0.6) is 0 Å². The molecule has 0 atom stereocenters. The van der Waals surface area contributed by atoms with Gasteiger partial charge in [0, 0.05) is 19.5 Å². The lowest BCUT2D eigenvalue weighted by atomic mass is 10.3. The zero-order valence-electron chi connectivity index (χ0n) is 7.44. The van der Waals surface area contributed by atoms with Gasteiger partial charge in [0.1, 0.15) is 0 Å². The molecule has 0 unspecified atom stereocenters. The van der Waals surface area contributed by atoms with Gasteiger partial charge in [0.25, 0.3) is 0 Å². The lowest BCUT2D eigenvalue weighted by Crippen LogP contribution is -2.27. The van der Waals surface area contributed by atoms with E-state index in [0.29, 0.717) is 6.42 Å². The van der Waals surface area contributed by atoms with Crippen LogP contribution in [0.15, 0.2) is 0 Å². The van der Waals surface area contributed by atoms with Crippen molar-refractivity contribution >= 4 is 5.91 Å². The van der Waals surface area contributed by atoms with Crippen molar-refractivity contribution in [1.29, 1.82) is 0 Å². The highest BCUT2D eigenvalue weighted by Crippen LogP contribution is 1.83.